The maximum absolute atomic E-state index is 13.0. The van der Waals surface area contributed by atoms with Gasteiger partial charge in [0.1, 0.15) is 23.9 Å². The number of carbonyl (C=O) groups is 5. The largest absolute Gasteiger partial charge is 0.508 e. The van der Waals surface area contributed by atoms with Crippen molar-refractivity contribution in [1.29, 1.82) is 0 Å². The number of aliphatic carboxylic acids is 2. The Labute approximate surface area is 215 Å². The lowest BCUT2D eigenvalue weighted by molar-refractivity contribution is -0.144. The fourth-order valence-corrected chi connectivity index (χ4v) is 3.44. The Bertz CT molecular complexity index is 938. The van der Waals surface area contributed by atoms with Gasteiger partial charge in [-0.25, -0.2) is 4.79 Å². The number of nitrogens with two attached hydrogens (primary N) is 2. The van der Waals surface area contributed by atoms with Gasteiger partial charge in [0, 0.05) is 0 Å². The Morgan fingerprint density at radius 2 is 1.46 bits per heavy atom. The van der Waals surface area contributed by atoms with E-state index in [4.69, 9.17) is 11.5 Å². The number of phenols is 1. The van der Waals surface area contributed by atoms with Crippen LogP contribution in [0.2, 0.25) is 0 Å². The number of hydrogen-bond acceptors (Lipinski definition) is 8. The topological polar surface area (TPSA) is 234 Å². The summed E-state index contributed by atoms with van der Waals surface area (Å²) < 4.78 is 0. The van der Waals surface area contributed by atoms with Gasteiger partial charge in [0.2, 0.25) is 17.7 Å². The van der Waals surface area contributed by atoms with Crippen molar-refractivity contribution in [2.24, 2.45) is 17.4 Å². The van der Waals surface area contributed by atoms with Crippen LogP contribution in [0.5, 0.6) is 5.75 Å². The summed E-state index contributed by atoms with van der Waals surface area (Å²) in [6.07, 6.45) is 0.375. The molecule has 1 aromatic rings. The summed E-state index contributed by atoms with van der Waals surface area (Å²) in [5, 5.41) is 35.1. The van der Waals surface area contributed by atoms with Crippen LogP contribution in [0.3, 0.4) is 0 Å². The van der Waals surface area contributed by atoms with E-state index in [0.717, 1.165) is 0 Å². The number of carboxylic acid groups (broad SMARTS) is 2. The summed E-state index contributed by atoms with van der Waals surface area (Å²) in [6.45, 7) is 3.62. The van der Waals surface area contributed by atoms with E-state index in [-0.39, 0.29) is 18.6 Å². The van der Waals surface area contributed by atoms with Gasteiger partial charge >= 0.3 is 11.9 Å². The SMILES string of the molecule is CC(C)C(NC(=O)C(N)Cc1ccc(O)cc1)C(=O)NC(CC(=O)O)C(=O)NC(CCCCN)C(=O)O. The highest BCUT2D eigenvalue weighted by atomic mass is 16.4. The molecule has 0 spiro atoms. The van der Waals surface area contributed by atoms with Gasteiger partial charge in [-0.05, 0) is 55.8 Å². The molecule has 4 unspecified atom stereocenters. The molecule has 0 aromatic heterocycles. The van der Waals surface area contributed by atoms with Gasteiger partial charge in [-0.15, -0.1) is 0 Å². The fourth-order valence-electron chi connectivity index (χ4n) is 3.44. The first-order valence-electron chi connectivity index (χ1n) is 11.9. The first-order valence-corrected chi connectivity index (χ1v) is 11.9. The number of unbranched alkanes of at least 4 members (excludes halogenated alkanes) is 1. The molecule has 0 aliphatic rings. The van der Waals surface area contributed by atoms with Crippen LogP contribution in [-0.4, -0.2) is 75.7 Å². The van der Waals surface area contributed by atoms with Gasteiger partial charge in [0.25, 0.3) is 0 Å². The Kier molecular flexibility index (Phi) is 13.0. The average molecular weight is 524 g/mol. The Hall–Kier alpha value is -3.71. The van der Waals surface area contributed by atoms with E-state index in [1.165, 1.54) is 12.1 Å². The lowest BCUT2D eigenvalue weighted by Crippen LogP contribution is -2.58. The molecular weight excluding hydrogens is 486 g/mol. The summed E-state index contributed by atoms with van der Waals surface area (Å²) in [6, 6.07) is 1.06. The van der Waals surface area contributed by atoms with Crippen molar-refractivity contribution in [3.05, 3.63) is 29.8 Å². The first kappa shape index (κ1) is 31.3. The van der Waals surface area contributed by atoms with E-state index < -0.39 is 66.2 Å². The normalized spacial score (nSPS) is 14.2. The van der Waals surface area contributed by atoms with Crippen LogP contribution in [0.4, 0.5) is 0 Å². The van der Waals surface area contributed by atoms with Crippen molar-refractivity contribution in [2.45, 2.75) is 70.1 Å². The van der Waals surface area contributed by atoms with Crippen molar-refractivity contribution in [3.8, 4) is 5.75 Å². The van der Waals surface area contributed by atoms with Gasteiger partial charge in [-0.3, -0.25) is 19.2 Å². The Balaban J connectivity index is 2.90. The second-order valence-corrected chi connectivity index (χ2v) is 9.05. The standard InChI is InChI=1S/C24H37N5O8/c1-13(2)20(29-21(33)16(26)11-14-6-8-15(30)9-7-14)23(35)28-18(12-19(31)32)22(34)27-17(24(36)37)5-3-4-10-25/h6-9,13,16-18,20,30H,3-5,10-12,25-26H2,1-2H3,(H,27,34)(H,28,35)(H,29,33)(H,31,32)(H,36,37). The van der Waals surface area contributed by atoms with Crippen LogP contribution < -0.4 is 27.4 Å². The zero-order chi connectivity index (χ0) is 28.1. The van der Waals surface area contributed by atoms with Gasteiger partial charge in [-0.1, -0.05) is 26.0 Å². The zero-order valence-corrected chi connectivity index (χ0v) is 21.0. The predicted octanol–water partition coefficient (Wildman–Crippen LogP) is -0.939. The predicted molar refractivity (Wildman–Crippen MR) is 133 cm³/mol. The van der Waals surface area contributed by atoms with E-state index in [9.17, 15) is 39.3 Å². The van der Waals surface area contributed by atoms with Crippen molar-refractivity contribution in [3.63, 3.8) is 0 Å². The molecule has 3 amide bonds. The third-order valence-electron chi connectivity index (χ3n) is 5.55. The smallest absolute Gasteiger partial charge is 0.326 e. The number of amides is 3. The van der Waals surface area contributed by atoms with Gasteiger partial charge in [0.15, 0.2) is 0 Å². The fraction of sp³-hybridized carbons (Fsp3) is 0.542. The lowest BCUT2D eigenvalue weighted by atomic mass is 10.0. The van der Waals surface area contributed by atoms with Gasteiger partial charge in [-0.2, -0.15) is 0 Å². The van der Waals surface area contributed by atoms with Crippen LogP contribution in [0.15, 0.2) is 24.3 Å². The summed E-state index contributed by atoms with van der Waals surface area (Å²) in [5.41, 5.74) is 12.1. The van der Waals surface area contributed by atoms with E-state index >= 15 is 0 Å². The molecule has 0 aliphatic carbocycles. The number of aromatic hydroxyl groups is 1. The molecule has 37 heavy (non-hydrogen) atoms. The van der Waals surface area contributed by atoms with Crippen LogP contribution in [0, 0.1) is 5.92 Å². The van der Waals surface area contributed by atoms with E-state index in [2.05, 4.69) is 16.0 Å². The van der Waals surface area contributed by atoms with Crippen LogP contribution in [0.25, 0.3) is 0 Å². The van der Waals surface area contributed by atoms with E-state index in [1.54, 1.807) is 26.0 Å². The molecule has 0 heterocycles. The number of nitrogens with one attached hydrogen (secondary N) is 3. The minimum Gasteiger partial charge on any atom is -0.508 e. The highest BCUT2D eigenvalue weighted by molar-refractivity contribution is 5.95. The molecule has 13 nitrogen and oxygen atoms in total. The second kappa shape index (κ2) is 15.4. The summed E-state index contributed by atoms with van der Waals surface area (Å²) in [7, 11) is 0. The summed E-state index contributed by atoms with van der Waals surface area (Å²) in [4.78, 5) is 61.2. The van der Waals surface area contributed by atoms with Gasteiger partial charge < -0.3 is 42.7 Å². The number of carbonyl (C=O) groups excluding carboxylic acids is 3. The van der Waals surface area contributed by atoms with Gasteiger partial charge in [0.05, 0.1) is 12.5 Å². The maximum atomic E-state index is 13.0. The third kappa shape index (κ3) is 11.3. The quantitative estimate of drug-likeness (QED) is 0.124. The van der Waals surface area contributed by atoms with Crippen molar-refractivity contribution in [2.75, 3.05) is 6.54 Å². The molecule has 10 N–H and O–H groups in total. The number of carboxylic acids is 2. The van der Waals surface area contributed by atoms with Crippen LogP contribution in [-0.2, 0) is 30.4 Å². The number of benzene rings is 1. The number of hydrogen-bond donors (Lipinski definition) is 8. The average Bonchev–Trinajstić information content (AvgIpc) is 2.81. The molecule has 0 aliphatic heterocycles. The summed E-state index contributed by atoms with van der Waals surface area (Å²) >= 11 is 0. The summed E-state index contributed by atoms with van der Waals surface area (Å²) in [5.74, 6) is -5.54. The first-order chi connectivity index (χ1) is 17.3. The highest BCUT2D eigenvalue weighted by Gasteiger charge is 2.32. The Morgan fingerprint density at radius 3 is 1.97 bits per heavy atom. The molecule has 0 saturated heterocycles. The van der Waals surface area contributed by atoms with Crippen molar-refractivity contribution >= 4 is 29.7 Å². The number of rotatable bonds is 16. The molecule has 0 bridgehead atoms. The minimum atomic E-state index is -1.58. The molecular formula is C24H37N5O8. The molecule has 13 heteroatoms. The molecule has 206 valence electrons. The van der Waals surface area contributed by atoms with E-state index in [0.29, 0.717) is 24.9 Å². The molecule has 0 radical (unpaired) electrons. The highest BCUT2D eigenvalue weighted by Crippen LogP contribution is 2.12. The minimum absolute atomic E-state index is 0.0588. The third-order valence-corrected chi connectivity index (χ3v) is 5.55. The van der Waals surface area contributed by atoms with Crippen molar-refractivity contribution < 1.29 is 39.3 Å². The van der Waals surface area contributed by atoms with Crippen LogP contribution in [0.1, 0.15) is 45.1 Å². The zero-order valence-electron chi connectivity index (χ0n) is 21.0. The lowest BCUT2D eigenvalue weighted by Gasteiger charge is -2.26. The van der Waals surface area contributed by atoms with E-state index in [1.807, 2.05) is 0 Å². The Morgan fingerprint density at radius 1 is 0.865 bits per heavy atom. The molecule has 0 fully saturated rings. The molecule has 0 saturated carbocycles. The van der Waals surface area contributed by atoms with Crippen LogP contribution >= 0.6 is 0 Å². The monoisotopic (exact) mass is 523 g/mol. The maximum Gasteiger partial charge on any atom is 0.326 e. The molecule has 1 aromatic carbocycles. The van der Waals surface area contributed by atoms with Crippen molar-refractivity contribution in [1.82, 2.24) is 16.0 Å². The second-order valence-electron chi connectivity index (χ2n) is 9.05. The molecule has 4 atom stereocenters. The molecule has 1 rings (SSSR count). The number of phenolic OH excluding ortho intramolecular Hbond substituents is 1.